The molecule has 1 aliphatic heterocycles. The lowest BCUT2D eigenvalue weighted by atomic mass is 9.88. The lowest BCUT2D eigenvalue weighted by molar-refractivity contribution is -0.139. The van der Waals surface area contributed by atoms with Gasteiger partial charge >= 0.3 is 0 Å². The molecule has 17 heavy (non-hydrogen) atoms. The molecule has 92 valence electrons. The van der Waals surface area contributed by atoms with Crippen LogP contribution in [0.2, 0.25) is 0 Å². The van der Waals surface area contributed by atoms with Gasteiger partial charge in [0.1, 0.15) is 5.92 Å². The summed E-state index contributed by atoms with van der Waals surface area (Å²) in [5.74, 6) is -1.19. The topological polar surface area (TPSA) is 124 Å². The van der Waals surface area contributed by atoms with Crippen molar-refractivity contribution < 1.29 is 15.0 Å². The Morgan fingerprint density at radius 3 is 2.65 bits per heavy atom. The molecule has 1 aliphatic rings. The fourth-order valence-electron chi connectivity index (χ4n) is 1.77. The predicted octanol–water partition coefficient (Wildman–Crippen LogP) is -2.06. The smallest absolute Gasteiger partial charge is 0.240 e. The average Bonchev–Trinajstić information content (AvgIpc) is 2.29. The second-order valence-corrected chi connectivity index (χ2v) is 3.78. The van der Waals surface area contributed by atoms with E-state index < -0.39 is 5.92 Å². The first kappa shape index (κ1) is 13.0. The molecule has 0 aliphatic carbocycles. The molecule has 1 heterocycles. The van der Waals surface area contributed by atoms with Crippen LogP contribution in [0.25, 0.3) is 0 Å². The van der Waals surface area contributed by atoms with Gasteiger partial charge in [-0.3, -0.25) is 20.3 Å². The van der Waals surface area contributed by atoms with Gasteiger partial charge in [0.15, 0.2) is 5.71 Å². The highest BCUT2D eigenvalue weighted by atomic mass is 16.2. The summed E-state index contributed by atoms with van der Waals surface area (Å²) in [5, 5.41) is 8.16. The van der Waals surface area contributed by atoms with Crippen LogP contribution in [0, 0.1) is 5.92 Å². The van der Waals surface area contributed by atoms with Gasteiger partial charge in [-0.15, -0.1) is 0 Å². The van der Waals surface area contributed by atoms with E-state index in [4.69, 9.17) is 16.9 Å². The molecule has 1 unspecified atom stereocenters. The maximum Gasteiger partial charge on any atom is 0.240 e. The fourth-order valence-corrected chi connectivity index (χ4v) is 1.77. The Labute approximate surface area is 99.2 Å². The Bertz CT molecular complexity index is 423. The molecule has 0 aromatic rings. The molecule has 1 atom stereocenters. The molecule has 1 saturated heterocycles. The van der Waals surface area contributed by atoms with E-state index in [0.29, 0.717) is 23.4 Å². The fraction of sp³-hybridized carbons (Fsp3) is 0.364. The summed E-state index contributed by atoms with van der Waals surface area (Å²) < 4.78 is 0. The SMILES string of the molecule is C/C=C(C(=[NH2+])C1CCC(=O)NC1=O)\C(N)=C/N. The van der Waals surface area contributed by atoms with Crippen LogP contribution in [0.15, 0.2) is 23.5 Å². The summed E-state index contributed by atoms with van der Waals surface area (Å²) in [5.41, 5.74) is 12.2. The molecule has 0 aromatic carbocycles. The van der Waals surface area contributed by atoms with E-state index in [-0.39, 0.29) is 18.2 Å². The quantitative estimate of drug-likeness (QED) is 0.256. The van der Waals surface area contributed by atoms with Crippen LogP contribution >= 0.6 is 0 Å². The Hall–Kier alpha value is -2.11. The van der Waals surface area contributed by atoms with Crippen LogP contribution in [-0.4, -0.2) is 17.5 Å². The summed E-state index contributed by atoms with van der Waals surface area (Å²) in [4.78, 5) is 22.6. The number of carbonyl (C=O) groups is 2. The van der Waals surface area contributed by atoms with Crippen LogP contribution in [-0.2, 0) is 9.59 Å². The van der Waals surface area contributed by atoms with Gasteiger partial charge in [-0.2, -0.15) is 0 Å². The Morgan fingerprint density at radius 2 is 2.18 bits per heavy atom. The number of allylic oxidation sites excluding steroid dienone is 2. The number of piperidine rings is 1. The predicted molar refractivity (Wildman–Crippen MR) is 63.0 cm³/mol. The van der Waals surface area contributed by atoms with E-state index >= 15 is 0 Å². The maximum absolute atomic E-state index is 11.6. The van der Waals surface area contributed by atoms with E-state index in [2.05, 4.69) is 5.32 Å². The van der Waals surface area contributed by atoms with Crippen molar-refractivity contribution in [3.63, 3.8) is 0 Å². The van der Waals surface area contributed by atoms with E-state index in [1.807, 2.05) is 0 Å². The van der Waals surface area contributed by atoms with E-state index in [1.54, 1.807) is 13.0 Å². The third kappa shape index (κ3) is 2.72. The number of nitrogens with one attached hydrogen (secondary N) is 1. The highest BCUT2D eigenvalue weighted by molar-refractivity contribution is 6.15. The van der Waals surface area contributed by atoms with Gasteiger partial charge in [-0.1, -0.05) is 6.08 Å². The molecular weight excluding hydrogens is 220 g/mol. The van der Waals surface area contributed by atoms with Crippen molar-refractivity contribution in [2.45, 2.75) is 19.8 Å². The molecule has 0 saturated carbocycles. The van der Waals surface area contributed by atoms with Crippen molar-refractivity contribution in [1.82, 2.24) is 5.32 Å². The van der Waals surface area contributed by atoms with Crippen LogP contribution in [0.3, 0.4) is 0 Å². The molecule has 6 nitrogen and oxygen atoms in total. The van der Waals surface area contributed by atoms with E-state index in [0.717, 1.165) is 0 Å². The van der Waals surface area contributed by atoms with Gasteiger partial charge < -0.3 is 11.5 Å². The average molecular weight is 237 g/mol. The molecule has 0 bridgehead atoms. The second-order valence-electron chi connectivity index (χ2n) is 3.78. The molecule has 0 radical (unpaired) electrons. The minimum Gasteiger partial charge on any atom is -0.403 e. The summed E-state index contributed by atoms with van der Waals surface area (Å²) in [6.07, 6.45) is 3.60. The highest BCUT2D eigenvalue weighted by Crippen LogP contribution is 2.18. The zero-order valence-corrected chi connectivity index (χ0v) is 9.69. The van der Waals surface area contributed by atoms with Gasteiger partial charge in [0, 0.05) is 12.6 Å². The van der Waals surface area contributed by atoms with Crippen LogP contribution in [0.1, 0.15) is 19.8 Å². The third-order valence-electron chi connectivity index (χ3n) is 2.70. The van der Waals surface area contributed by atoms with E-state index in [9.17, 15) is 9.59 Å². The number of hydrogen-bond donors (Lipinski definition) is 4. The van der Waals surface area contributed by atoms with E-state index in [1.165, 1.54) is 6.20 Å². The van der Waals surface area contributed by atoms with Crippen molar-refractivity contribution in [2.75, 3.05) is 0 Å². The summed E-state index contributed by atoms with van der Waals surface area (Å²) in [6, 6.07) is 0. The normalized spacial score (nSPS) is 22.3. The summed E-state index contributed by atoms with van der Waals surface area (Å²) in [6.45, 7) is 1.75. The second kappa shape index (κ2) is 5.29. The number of imide groups is 1. The van der Waals surface area contributed by atoms with Crippen LogP contribution in [0.4, 0.5) is 0 Å². The monoisotopic (exact) mass is 237 g/mol. The molecular formula is C11H17N4O2+. The summed E-state index contributed by atoms with van der Waals surface area (Å²) >= 11 is 0. The zero-order valence-electron chi connectivity index (χ0n) is 9.69. The largest absolute Gasteiger partial charge is 0.403 e. The summed E-state index contributed by atoms with van der Waals surface area (Å²) in [7, 11) is 0. The van der Waals surface area contributed by atoms with Gasteiger partial charge in [-0.05, 0) is 13.3 Å². The molecule has 0 spiro atoms. The Morgan fingerprint density at radius 1 is 1.53 bits per heavy atom. The number of nitrogens with two attached hydrogens (primary N) is 3. The van der Waals surface area contributed by atoms with Gasteiger partial charge in [-0.25, -0.2) is 0 Å². The van der Waals surface area contributed by atoms with Crippen molar-refractivity contribution in [3.8, 4) is 0 Å². The van der Waals surface area contributed by atoms with Crippen molar-refractivity contribution in [2.24, 2.45) is 17.4 Å². The van der Waals surface area contributed by atoms with Gasteiger partial charge in [0.05, 0.1) is 11.3 Å². The Kier molecular flexibility index (Phi) is 4.03. The molecule has 1 rings (SSSR count). The lowest BCUT2D eigenvalue weighted by Crippen LogP contribution is -2.54. The standard InChI is InChI=1S/C11H16N4O2/c1-2-6(8(13)5-12)10(14)7-3-4-9(16)15-11(7)17/h2,5,7,14H,3-4,12-13H2,1H3,(H,15,16,17)/p+1/b6-2+,8-5+,14-10?. The minimum absolute atomic E-state index is 0.275. The number of rotatable bonds is 3. The van der Waals surface area contributed by atoms with Crippen LogP contribution < -0.4 is 22.2 Å². The molecule has 7 N–H and O–H groups in total. The van der Waals surface area contributed by atoms with Crippen molar-refractivity contribution >= 4 is 17.5 Å². The third-order valence-corrected chi connectivity index (χ3v) is 2.70. The number of carbonyl (C=O) groups excluding carboxylic acids is 2. The highest BCUT2D eigenvalue weighted by Gasteiger charge is 2.35. The number of amides is 2. The van der Waals surface area contributed by atoms with Crippen molar-refractivity contribution in [3.05, 3.63) is 23.5 Å². The minimum atomic E-state index is -0.530. The first-order valence-corrected chi connectivity index (χ1v) is 5.31. The molecule has 1 fully saturated rings. The Balaban J connectivity index is 2.90. The molecule has 0 aromatic heterocycles. The van der Waals surface area contributed by atoms with Crippen LogP contribution in [0.5, 0.6) is 0 Å². The zero-order chi connectivity index (χ0) is 13.0. The first-order chi connectivity index (χ1) is 8.01. The number of hydrogen-bond acceptors (Lipinski definition) is 4. The molecule has 2 amide bonds. The maximum atomic E-state index is 11.6. The van der Waals surface area contributed by atoms with Gasteiger partial charge in [0.25, 0.3) is 0 Å². The first-order valence-electron chi connectivity index (χ1n) is 5.31. The molecule has 6 heteroatoms. The van der Waals surface area contributed by atoms with Crippen molar-refractivity contribution in [1.29, 1.82) is 0 Å². The van der Waals surface area contributed by atoms with Gasteiger partial charge in [0.2, 0.25) is 11.8 Å². The lowest BCUT2D eigenvalue weighted by Gasteiger charge is -2.19.